The topological polar surface area (TPSA) is 85.5 Å². The summed E-state index contributed by atoms with van der Waals surface area (Å²) >= 11 is 0. The molecule has 1 aliphatic heterocycles. The Kier molecular flexibility index (Phi) is 4.60. The van der Waals surface area contributed by atoms with E-state index in [1.165, 1.54) is 10.8 Å². The van der Waals surface area contributed by atoms with E-state index in [0.717, 1.165) is 54.2 Å². The second-order valence-corrected chi connectivity index (χ2v) is 8.45. The van der Waals surface area contributed by atoms with Gasteiger partial charge in [-0.1, -0.05) is 36.4 Å². The quantitative estimate of drug-likeness (QED) is 0.716. The van der Waals surface area contributed by atoms with Crippen LogP contribution in [-0.2, 0) is 6.54 Å². The number of hydrogen-bond acceptors (Lipinski definition) is 5. The molecule has 1 aromatic heterocycles. The summed E-state index contributed by atoms with van der Waals surface area (Å²) < 4.78 is 2.07. The van der Waals surface area contributed by atoms with Crippen LogP contribution in [0.15, 0.2) is 47.5 Å². The fraction of sp³-hybridized carbons (Fsp3) is 0.391. The first-order chi connectivity index (χ1) is 14.1. The largest absolute Gasteiger partial charge is 0.346 e. The Balaban J connectivity index is 1.60. The molecule has 6 heteroatoms. The Morgan fingerprint density at radius 2 is 1.76 bits per heavy atom. The van der Waals surface area contributed by atoms with Crippen molar-refractivity contribution in [3.63, 3.8) is 0 Å². The third-order valence-corrected chi connectivity index (χ3v) is 6.31. The zero-order chi connectivity index (χ0) is 20.0. The van der Waals surface area contributed by atoms with Gasteiger partial charge < -0.3 is 10.6 Å². The maximum Gasteiger partial charge on any atom is 0.175 e. The molecule has 1 saturated carbocycles. The highest BCUT2D eigenvalue weighted by molar-refractivity contribution is 5.86. The molecule has 2 aliphatic rings. The number of fused-ring (bicyclic) bond motifs is 2. The van der Waals surface area contributed by atoms with Gasteiger partial charge in [0.15, 0.2) is 11.8 Å². The van der Waals surface area contributed by atoms with E-state index in [2.05, 4.69) is 53.3 Å². The molecule has 1 atom stereocenters. The average molecular weight is 389 g/mol. The molecule has 0 spiro atoms. The zero-order valence-electron chi connectivity index (χ0n) is 16.8. The van der Waals surface area contributed by atoms with Gasteiger partial charge in [0.25, 0.3) is 0 Å². The van der Waals surface area contributed by atoms with Gasteiger partial charge in [-0.3, -0.25) is 5.73 Å². The van der Waals surface area contributed by atoms with Gasteiger partial charge in [-0.25, -0.2) is 9.67 Å². The van der Waals surface area contributed by atoms with E-state index in [-0.39, 0.29) is 6.29 Å². The highest BCUT2D eigenvalue weighted by atomic mass is 15.4. The molecule has 5 rings (SSSR count). The van der Waals surface area contributed by atoms with Crippen LogP contribution < -0.4 is 22.2 Å². The molecule has 0 bridgehead atoms. The first-order valence-electron chi connectivity index (χ1n) is 10.5. The lowest BCUT2D eigenvalue weighted by atomic mass is 9.86. The summed E-state index contributed by atoms with van der Waals surface area (Å²) in [5.41, 5.74) is 15.3. The molecule has 4 N–H and O–H groups in total. The van der Waals surface area contributed by atoms with Crippen LogP contribution in [0.3, 0.4) is 0 Å². The Morgan fingerprint density at radius 3 is 2.55 bits per heavy atom. The normalized spacial score (nSPS) is 24.1. The predicted octanol–water partition coefficient (Wildman–Crippen LogP) is 1.77. The molecule has 2 aromatic carbocycles. The molecular formula is C23H28N6. The molecule has 0 saturated heterocycles. The monoisotopic (exact) mass is 388 g/mol. The average Bonchev–Trinajstić information content (AvgIpc) is 3.07. The maximum absolute atomic E-state index is 6.21. The summed E-state index contributed by atoms with van der Waals surface area (Å²) in [5.74, 6) is 0.592. The number of hydrogen-bond donors (Lipinski definition) is 2. The van der Waals surface area contributed by atoms with Crippen LogP contribution in [0.25, 0.3) is 28.2 Å². The van der Waals surface area contributed by atoms with E-state index in [9.17, 15) is 0 Å². The summed E-state index contributed by atoms with van der Waals surface area (Å²) in [5, 5.41) is 8.53. The number of nitrogens with two attached hydrogens (primary N) is 2. The van der Waals surface area contributed by atoms with Gasteiger partial charge in [0.1, 0.15) is 5.69 Å². The van der Waals surface area contributed by atoms with Crippen LogP contribution in [-0.4, -0.2) is 34.1 Å². The van der Waals surface area contributed by atoms with Crippen LogP contribution >= 0.6 is 0 Å². The van der Waals surface area contributed by atoms with E-state index in [4.69, 9.17) is 21.6 Å². The van der Waals surface area contributed by atoms with Crippen molar-refractivity contribution in [1.29, 1.82) is 0 Å². The van der Waals surface area contributed by atoms with Gasteiger partial charge in [0.2, 0.25) is 0 Å². The lowest BCUT2D eigenvalue weighted by Gasteiger charge is -2.26. The fourth-order valence-electron chi connectivity index (χ4n) is 4.51. The minimum Gasteiger partial charge on any atom is -0.346 e. The minimum atomic E-state index is -0.373. The lowest BCUT2D eigenvalue weighted by molar-refractivity contribution is 0.279. The molecule has 1 unspecified atom stereocenters. The van der Waals surface area contributed by atoms with Gasteiger partial charge in [0.05, 0.1) is 5.22 Å². The van der Waals surface area contributed by atoms with Gasteiger partial charge in [-0.15, -0.1) is 0 Å². The van der Waals surface area contributed by atoms with Crippen molar-refractivity contribution in [2.24, 2.45) is 22.4 Å². The molecule has 1 aliphatic carbocycles. The maximum atomic E-state index is 6.21. The van der Waals surface area contributed by atoms with Crippen molar-refractivity contribution in [3.8, 4) is 11.3 Å². The number of rotatable bonds is 3. The van der Waals surface area contributed by atoms with Gasteiger partial charge in [0, 0.05) is 31.4 Å². The van der Waals surface area contributed by atoms with E-state index < -0.39 is 0 Å². The Hall–Kier alpha value is -2.70. The van der Waals surface area contributed by atoms with E-state index >= 15 is 0 Å². The summed E-state index contributed by atoms with van der Waals surface area (Å²) in [6.45, 7) is 0.871. The number of nitrogens with zero attached hydrogens (tertiary/aromatic N) is 4. The van der Waals surface area contributed by atoms with Crippen molar-refractivity contribution >= 4 is 17.0 Å². The molecule has 29 heavy (non-hydrogen) atoms. The number of aromatic nitrogens is 2. The van der Waals surface area contributed by atoms with Gasteiger partial charge in [-0.05, 0) is 48.4 Å². The van der Waals surface area contributed by atoms with E-state index in [0.29, 0.717) is 12.0 Å². The molecule has 6 nitrogen and oxygen atoms in total. The molecule has 3 aromatic rings. The number of benzene rings is 2. The Morgan fingerprint density at radius 1 is 1.00 bits per heavy atom. The van der Waals surface area contributed by atoms with Crippen LogP contribution in [0.5, 0.6) is 0 Å². The smallest absolute Gasteiger partial charge is 0.175 e. The molecule has 2 heterocycles. The molecule has 0 amide bonds. The van der Waals surface area contributed by atoms with Crippen LogP contribution in [0.4, 0.5) is 0 Å². The lowest BCUT2D eigenvalue weighted by Crippen LogP contribution is -2.46. The summed E-state index contributed by atoms with van der Waals surface area (Å²) in [6, 6.07) is 15.3. The highest BCUT2D eigenvalue weighted by Gasteiger charge is 2.22. The second-order valence-electron chi connectivity index (χ2n) is 8.45. The van der Waals surface area contributed by atoms with Gasteiger partial charge in [-0.2, -0.15) is 5.10 Å². The fourth-order valence-corrected chi connectivity index (χ4v) is 4.51. The molecule has 150 valence electrons. The Bertz CT molecular complexity index is 1160. The Labute approximate surface area is 170 Å². The van der Waals surface area contributed by atoms with Crippen molar-refractivity contribution in [2.75, 3.05) is 7.05 Å². The van der Waals surface area contributed by atoms with E-state index in [1.54, 1.807) is 0 Å². The third kappa shape index (κ3) is 3.43. The van der Waals surface area contributed by atoms with Crippen LogP contribution in [0.1, 0.15) is 25.7 Å². The van der Waals surface area contributed by atoms with Crippen molar-refractivity contribution in [3.05, 3.63) is 53.2 Å². The predicted molar refractivity (Wildman–Crippen MR) is 116 cm³/mol. The summed E-state index contributed by atoms with van der Waals surface area (Å²) in [4.78, 5) is 6.71. The standard InChI is InChI=1S/C23H28N6/c1-28-14-20-21(18-9-8-16-4-2-3-5-17(16)12-18)27-29(22(20)26-23(28)25)13-15-6-10-19(24)11-7-15/h2-5,8-9,12,14-15,19,23H,6-7,10-11,13,24-25H2,1H3. The zero-order valence-corrected chi connectivity index (χ0v) is 16.8. The van der Waals surface area contributed by atoms with Crippen LogP contribution in [0.2, 0.25) is 0 Å². The third-order valence-electron chi connectivity index (χ3n) is 6.31. The first kappa shape index (κ1) is 18.3. The molecular weight excluding hydrogens is 360 g/mol. The van der Waals surface area contributed by atoms with Crippen molar-refractivity contribution < 1.29 is 0 Å². The summed E-state index contributed by atoms with van der Waals surface area (Å²) in [7, 11) is 1.96. The molecule has 0 radical (unpaired) electrons. The van der Waals surface area contributed by atoms with Crippen LogP contribution in [0, 0.1) is 5.92 Å². The van der Waals surface area contributed by atoms with Gasteiger partial charge >= 0.3 is 0 Å². The minimum absolute atomic E-state index is 0.353. The first-order valence-corrected chi connectivity index (χ1v) is 10.5. The SMILES string of the molecule is CN1C=c2c(-c3ccc4ccccc4c3)nn(CC3CCC(N)CC3)c2=NC1N. The van der Waals surface area contributed by atoms with Crippen molar-refractivity contribution in [2.45, 2.75) is 44.6 Å². The summed E-state index contributed by atoms with van der Waals surface area (Å²) in [6.07, 6.45) is 6.20. The highest BCUT2D eigenvalue weighted by Crippen LogP contribution is 2.25. The van der Waals surface area contributed by atoms with E-state index in [1.807, 2.05) is 11.9 Å². The molecule has 1 fully saturated rings. The second kappa shape index (κ2) is 7.28. The van der Waals surface area contributed by atoms with Crippen molar-refractivity contribution in [1.82, 2.24) is 14.7 Å².